The Hall–Kier alpha value is -2.63. The van der Waals surface area contributed by atoms with Crippen LogP contribution in [-0.4, -0.2) is 33.8 Å². The molecule has 6 nitrogen and oxygen atoms in total. The zero-order valence-electron chi connectivity index (χ0n) is 15.1. The van der Waals surface area contributed by atoms with E-state index >= 15 is 0 Å². The molecule has 1 aromatic heterocycles. The number of nitrogens with zero attached hydrogens (tertiary/aromatic N) is 3. The standard InChI is InChI=1S/C19H26N4O2/c1-4-13-25-17-8-5-16(6-9-17)7-10-18(24)20-11-12-23-14-21-22-19(23)15(2)3/h5-10,14-15H,4,11-13H2,1-3H3,(H,20,24)/b10-7-. The van der Waals surface area contributed by atoms with Gasteiger partial charge in [-0.3, -0.25) is 4.79 Å². The van der Waals surface area contributed by atoms with Gasteiger partial charge in [0.2, 0.25) is 5.91 Å². The largest absolute Gasteiger partial charge is 0.494 e. The molecule has 1 amide bonds. The Morgan fingerprint density at radius 3 is 2.76 bits per heavy atom. The molecule has 0 aliphatic rings. The van der Waals surface area contributed by atoms with Crippen molar-refractivity contribution in [2.24, 2.45) is 0 Å². The number of aromatic nitrogens is 3. The molecule has 0 fully saturated rings. The normalized spacial score (nSPS) is 11.2. The van der Waals surface area contributed by atoms with Gasteiger partial charge in [-0.2, -0.15) is 0 Å². The highest BCUT2D eigenvalue weighted by Crippen LogP contribution is 2.13. The Balaban J connectivity index is 1.77. The minimum absolute atomic E-state index is 0.120. The van der Waals surface area contributed by atoms with Crippen LogP contribution in [0.3, 0.4) is 0 Å². The van der Waals surface area contributed by atoms with Crippen molar-refractivity contribution in [1.29, 1.82) is 0 Å². The number of benzene rings is 1. The van der Waals surface area contributed by atoms with E-state index in [0.717, 1.165) is 23.6 Å². The van der Waals surface area contributed by atoms with Crippen LogP contribution in [0.15, 0.2) is 36.7 Å². The van der Waals surface area contributed by atoms with Gasteiger partial charge in [-0.1, -0.05) is 32.9 Å². The average Bonchev–Trinajstić information content (AvgIpc) is 3.08. The Bertz CT molecular complexity index is 690. The van der Waals surface area contributed by atoms with Gasteiger partial charge in [0.1, 0.15) is 17.9 Å². The monoisotopic (exact) mass is 342 g/mol. The molecule has 2 rings (SSSR count). The van der Waals surface area contributed by atoms with E-state index in [1.807, 2.05) is 28.8 Å². The Morgan fingerprint density at radius 1 is 1.32 bits per heavy atom. The van der Waals surface area contributed by atoms with E-state index in [0.29, 0.717) is 25.6 Å². The maximum absolute atomic E-state index is 11.9. The van der Waals surface area contributed by atoms with Crippen LogP contribution in [0.25, 0.3) is 6.08 Å². The molecular formula is C19H26N4O2. The summed E-state index contributed by atoms with van der Waals surface area (Å²) in [5.74, 6) is 1.96. The van der Waals surface area contributed by atoms with Crippen molar-refractivity contribution in [3.8, 4) is 5.75 Å². The molecule has 0 unspecified atom stereocenters. The molecule has 0 aliphatic carbocycles. The predicted molar refractivity (Wildman–Crippen MR) is 98.4 cm³/mol. The maximum atomic E-state index is 11.9. The van der Waals surface area contributed by atoms with Crippen LogP contribution in [0.5, 0.6) is 5.75 Å². The molecule has 6 heteroatoms. The van der Waals surface area contributed by atoms with Gasteiger partial charge in [-0.25, -0.2) is 0 Å². The highest BCUT2D eigenvalue weighted by atomic mass is 16.5. The number of carbonyl (C=O) groups excluding carboxylic acids is 1. The van der Waals surface area contributed by atoms with E-state index in [2.05, 4.69) is 36.3 Å². The lowest BCUT2D eigenvalue weighted by Crippen LogP contribution is -2.25. The van der Waals surface area contributed by atoms with Crippen LogP contribution in [0.4, 0.5) is 0 Å². The fourth-order valence-electron chi connectivity index (χ4n) is 2.31. The third kappa shape index (κ3) is 6.06. The van der Waals surface area contributed by atoms with Gasteiger partial charge in [0.25, 0.3) is 0 Å². The number of rotatable bonds is 9. The van der Waals surface area contributed by atoms with Crippen molar-refractivity contribution in [2.75, 3.05) is 13.2 Å². The van der Waals surface area contributed by atoms with E-state index in [1.165, 1.54) is 6.08 Å². The Labute approximate surface area is 148 Å². The first kappa shape index (κ1) is 18.7. The summed E-state index contributed by atoms with van der Waals surface area (Å²) >= 11 is 0. The summed E-state index contributed by atoms with van der Waals surface area (Å²) in [6, 6.07) is 7.68. The molecule has 25 heavy (non-hydrogen) atoms. The Kier molecular flexibility index (Phi) is 7.19. The molecule has 1 heterocycles. The van der Waals surface area contributed by atoms with Crippen LogP contribution < -0.4 is 10.1 Å². The number of hydrogen-bond donors (Lipinski definition) is 1. The van der Waals surface area contributed by atoms with Gasteiger partial charge in [-0.05, 0) is 30.2 Å². The molecule has 134 valence electrons. The van der Waals surface area contributed by atoms with Crippen LogP contribution >= 0.6 is 0 Å². The number of nitrogens with one attached hydrogen (secondary N) is 1. The SMILES string of the molecule is CCCOc1ccc(/C=C\C(=O)NCCn2cnnc2C(C)C)cc1. The number of hydrogen-bond acceptors (Lipinski definition) is 4. The first-order valence-electron chi connectivity index (χ1n) is 8.66. The molecule has 0 saturated carbocycles. The van der Waals surface area contributed by atoms with Crippen molar-refractivity contribution in [1.82, 2.24) is 20.1 Å². The smallest absolute Gasteiger partial charge is 0.244 e. The minimum Gasteiger partial charge on any atom is -0.494 e. The van der Waals surface area contributed by atoms with Crippen molar-refractivity contribution in [2.45, 2.75) is 39.7 Å². The second-order valence-electron chi connectivity index (χ2n) is 6.08. The molecule has 0 atom stereocenters. The highest BCUT2D eigenvalue weighted by Gasteiger charge is 2.07. The summed E-state index contributed by atoms with van der Waals surface area (Å²) in [5, 5.41) is 10.9. The summed E-state index contributed by atoms with van der Waals surface area (Å²) in [5.41, 5.74) is 0.958. The zero-order chi connectivity index (χ0) is 18.1. The predicted octanol–water partition coefficient (Wildman–Crippen LogP) is 3.02. The molecule has 1 N–H and O–H groups in total. The Morgan fingerprint density at radius 2 is 2.08 bits per heavy atom. The van der Waals surface area contributed by atoms with E-state index in [1.54, 1.807) is 12.4 Å². The lowest BCUT2D eigenvalue weighted by atomic mass is 10.2. The second kappa shape index (κ2) is 9.61. The van der Waals surface area contributed by atoms with Crippen LogP contribution in [-0.2, 0) is 11.3 Å². The molecule has 0 bridgehead atoms. The summed E-state index contributed by atoms with van der Waals surface area (Å²) in [6.45, 7) is 8.11. The summed E-state index contributed by atoms with van der Waals surface area (Å²) in [4.78, 5) is 11.9. The van der Waals surface area contributed by atoms with Crippen LogP contribution in [0.2, 0.25) is 0 Å². The maximum Gasteiger partial charge on any atom is 0.244 e. The van der Waals surface area contributed by atoms with Gasteiger partial charge >= 0.3 is 0 Å². The van der Waals surface area contributed by atoms with E-state index in [4.69, 9.17) is 4.74 Å². The van der Waals surface area contributed by atoms with Gasteiger partial charge in [-0.15, -0.1) is 10.2 Å². The lowest BCUT2D eigenvalue weighted by Gasteiger charge is -2.08. The van der Waals surface area contributed by atoms with E-state index in [9.17, 15) is 4.79 Å². The van der Waals surface area contributed by atoms with Crippen LogP contribution in [0.1, 0.15) is 44.5 Å². The van der Waals surface area contributed by atoms with Crippen molar-refractivity contribution < 1.29 is 9.53 Å². The number of carbonyl (C=O) groups is 1. The second-order valence-corrected chi connectivity index (χ2v) is 6.08. The fraction of sp³-hybridized carbons (Fsp3) is 0.421. The first-order chi connectivity index (χ1) is 12.1. The summed E-state index contributed by atoms with van der Waals surface area (Å²) in [6.07, 6.45) is 6.00. The lowest BCUT2D eigenvalue weighted by molar-refractivity contribution is -0.116. The molecule has 2 aromatic rings. The fourth-order valence-corrected chi connectivity index (χ4v) is 2.31. The van der Waals surface area contributed by atoms with Gasteiger partial charge in [0.15, 0.2) is 0 Å². The van der Waals surface area contributed by atoms with Gasteiger partial charge < -0.3 is 14.6 Å². The zero-order valence-corrected chi connectivity index (χ0v) is 15.1. The van der Waals surface area contributed by atoms with E-state index < -0.39 is 0 Å². The topological polar surface area (TPSA) is 69.0 Å². The number of ether oxygens (including phenoxy) is 1. The van der Waals surface area contributed by atoms with Crippen molar-refractivity contribution in [3.63, 3.8) is 0 Å². The summed E-state index contributed by atoms with van der Waals surface area (Å²) in [7, 11) is 0. The third-order valence-electron chi connectivity index (χ3n) is 3.59. The molecule has 0 aliphatic heterocycles. The highest BCUT2D eigenvalue weighted by molar-refractivity contribution is 5.91. The molecule has 0 spiro atoms. The third-order valence-corrected chi connectivity index (χ3v) is 3.59. The number of amides is 1. The van der Waals surface area contributed by atoms with E-state index in [-0.39, 0.29) is 5.91 Å². The minimum atomic E-state index is -0.120. The first-order valence-corrected chi connectivity index (χ1v) is 8.66. The van der Waals surface area contributed by atoms with Crippen LogP contribution in [0, 0.1) is 0 Å². The molecular weight excluding hydrogens is 316 g/mol. The quantitative estimate of drug-likeness (QED) is 0.711. The summed E-state index contributed by atoms with van der Waals surface area (Å²) < 4.78 is 7.50. The van der Waals surface area contributed by atoms with Crippen molar-refractivity contribution in [3.05, 3.63) is 48.1 Å². The molecule has 0 saturated heterocycles. The molecule has 0 radical (unpaired) electrons. The van der Waals surface area contributed by atoms with Gasteiger partial charge in [0, 0.05) is 25.1 Å². The van der Waals surface area contributed by atoms with Crippen molar-refractivity contribution >= 4 is 12.0 Å². The van der Waals surface area contributed by atoms with Gasteiger partial charge in [0.05, 0.1) is 6.61 Å². The average molecular weight is 342 g/mol. The molecule has 1 aromatic carbocycles.